The molecule has 98 heavy (non-hydrogen) atoms. The first-order valence-corrected chi connectivity index (χ1v) is 44.0. The predicted octanol–water partition coefficient (Wildman–Crippen LogP) is 23.5. The number of rotatable bonds is 78. The van der Waals surface area contributed by atoms with Gasteiger partial charge in [-0.1, -0.05) is 363 Å². The van der Waals surface area contributed by atoms with Gasteiger partial charge in [0.25, 0.3) is 0 Å². The highest BCUT2D eigenvalue weighted by Crippen LogP contribution is 2.45. The largest absolute Gasteiger partial charge is 0.472 e. The van der Waals surface area contributed by atoms with Gasteiger partial charge in [-0.05, 0) is 37.5 Å². The fourth-order valence-corrected chi connectivity index (χ4v) is 13.7. The number of hydrogen-bond donors (Lipinski definition) is 3. The van der Waals surface area contributed by atoms with E-state index in [0.717, 1.165) is 102 Å². The molecule has 0 radical (unpaired) electrons. The number of carbonyl (C=O) groups is 4. The number of phosphoric ester groups is 2. The topological polar surface area (TPSA) is 237 Å². The Balaban J connectivity index is 5.20. The summed E-state index contributed by atoms with van der Waals surface area (Å²) in [4.78, 5) is 72.8. The highest BCUT2D eigenvalue weighted by molar-refractivity contribution is 7.47. The molecule has 0 bridgehead atoms. The Hall–Kier alpha value is -1.94. The van der Waals surface area contributed by atoms with Gasteiger partial charge in [-0.15, -0.1) is 0 Å². The minimum atomic E-state index is -4.96. The molecule has 0 saturated heterocycles. The average molecular weight is 1440 g/mol. The molecule has 0 rings (SSSR count). The van der Waals surface area contributed by atoms with Crippen molar-refractivity contribution in [1.29, 1.82) is 0 Å². The van der Waals surface area contributed by atoms with Crippen LogP contribution in [-0.4, -0.2) is 96.7 Å². The van der Waals surface area contributed by atoms with E-state index in [-0.39, 0.29) is 25.7 Å². The van der Waals surface area contributed by atoms with Gasteiger partial charge >= 0.3 is 39.5 Å². The van der Waals surface area contributed by atoms with Gasteiger partial charge < -0.3 is 33.8 Å². The number of esters is 4. The second kappa shape index (κ2) is 70.7. The van der Waals surface area contributed by atoms with Crippen molar-refractivity contribution in [3.05, 3.63) is 0 Å². The summed E-state index contributed by atoms with van der Waals surface area (Å²) < 4.78 is 68.6. The summed E-state index contributed by atoms with van der Waals surface area (Å²) in [6.45, 7) is 9.59. The Morgan fingerprint density at radius 2 is 0.520 bits per heavy atom. The van der Waals surface area contributed by atoms with Crippen molar-refractivity contribution in [2.75, 3.05) is 39.6 Å². The second-order valence-corrected chi connectivity index (χ2v) is 32.1. The molecule has 19 heteroatoms. The first-order valence-electron chi connectivity index (χ1n) is 41.0. The molecule has 0 aromatic carbocycles. The fourth-order valence-electron chi connectivity index (χ4n) is 12.2. The van der Waals surface area contributed by atoms with Crippen LogP contribution in [0.15, 0.2) is 0 Å². The van der Waals surface area contributed by atoms with Crippen molar-refractivity contribution in [3.8, 4) is 0 Å². The Morgan fingerprint density at radius 1 is 0.296 bits per heavy atom. The van der Waals surface area contributed by atoms with Gasteiger partial charge in [0.2, 0.25) is 0 Å². The molecule has 3 N–H and O–H groups in total. The van der Waals surface area contributed by atoms with E-state index in [1.165, 1.54) is 231 Å². The molecule has 0 saturated carbocycles. The van der Waals surface area contributed by atoms with Crippen LogP contribution in [-0.2, 0) is 65.4 Å². The average Bonchev–Trinajstić information content (AvgIpc) is 0.966. The first-order chi connectivity index (χ1) is 47.4. The first kappa shape index (κ1) is 96.1. The van der Waals surface area contributed by atoms with Crippen LogP contribution in [0, 0.1) is 11.8 Å². The van der Waals surface area contributed by atoms with Gasteiger partial charge in [-0.25, -0.2) is 9.13 Å². The quantitative estimate of drug-likeness (QED) is 0.0222. The zero-order chi connectivity index (χ0) is 72.1. The lowest BCUT2D eigenvalue weighted by Crippen LogP contribution is -2.30. The molecule has 17 nitrogen and oxygen atoms in total. The van der Waals surface area contributed by atoms with E-state index in [1.54, 1.807) is 0 Å². The van der Waals surface area contributed by atoms with E-state index in [9.17, 15) is 43.2 Å². The molecule has 0 aromatic rings. The van der Waals surface area contributed by atoms with Gasteiger partial charge in [0.05, 0.1) is 26.4 Å². The highest BCUT2D eigenvalue weighted by Gasteiger charge is 2.30. The predicted molar refractivity (Wildman–Crippen MR) is 400 cm³/mol. The minimum Gasteiger partial charge on any atom is -0.462 e. The van der Waals surface area contributed by atoms with Gasteiger partial charge in [0, 0.05) is 25.7 Å². The monoisotopic (exact) mass is 1440 g/mol. The van der Waals surface area contributed by atoms with Crippen molar-refractivity contribution >= 4 is 39.5 Å². The Morgan fingerprint density at radius 3 is 0.776 bits per heavy atom. The Kier molecular flexibility index (Phi) is 69.3. The van der Waals surface area contributed by atoms with Crippen molar-refractivity contribution in [2.45, 2.75) is 432 Å². The summed E-state index contributed by atoms with van der Waals surface area (Å²) in [5.74, 6) is -0.574. The molecule has 0 aliphatic heterocycles. The molecule has 6 atom stereocenters. The maximum absolute atomic E-state index is 13.1. The van der Waals surface area contributed by atoms with Crippen LogP contribution in [0.3, 0.4) is 0 Å². The lowest BCUT2D eigenvalue weighted by Gasteiger charge is -2.21. The van der Waals surface area contributed by atoms with Crippen LogP contribution < -0.4 is 0 Å². The smallest absolute Gasteiger partial charge is 0.462 e. The van der Waals surface area contributed by atoms with Gasteiger partial charge in [0.15, 0.2) is 12.2 Å². The molecule has 582 valence electrons. The summed E-state index contributed by atoms with van der Waals surface area (Å²) in [7, 11) is -9.91. The highest BCUT2D eigenvalue weighted by atomic mass is 31.2. The number of ether oxygens (including phenoxy) is 4. The zero-order valence-corrected chi connectivity index (χ0v) is 65.9. The van der Waals surface area contributed by atoms with Crippen LogP contribution in [0.5, 0.6) is 0 Å². The summed E-state index contributed by atoms with van der Waals surface area (Å²) in [6, 6.07) is 0. The fraction of sp³-hybridized carbons (Fsp3) is 0.949. The maximum Gasteiger partial charge on any atom is 0.472 e. The van der Waals surface area contributed by atoms with Crippen molar-refractivity contribution in [2.24, 2.45) is 11.8 Å². The molecule has 0 heterocycles. The summed E-state index contributed by atoms with van der Waals surface area (Å²) >= 11 is 0. The van der Waals surface area contributed by atoms with E-state index in [0.29, 0.717) is 25.7 Å². The lowest BCUT2D eigenvalue weighted by atomic mass is 10.00. The normalized spacial score (nSPS) is 14.2. The number of aliphatic hydroxyl groups is 1. The third kappa shape index (κ3) is 71.1. The molecule has 3 unspecified atom stereocenters. The van der Waals surface area contributed by atoms with Crippen LogP contribution >= 0.6 is 15.6 Å². The number of phosphoric acid groups is 2. The molecule has 0 amide bonds. The zero-order valence-electron chi connectivity index (χ0n) is 64.1. The Labute approximate surface area is 600 Å². The number of carbonyl (C=O) groups excluding carboxylic acids is 4. The Bertz CT molecular complexity index is 1890. The molecule has 0 spiro atoms. The number of unbranched alkanes of at least 4 members (excludes halogenated alkanes) is 47. The van der Waals surface area contributed by atoms with E-state index in [4.69, 9.17) is 37.0 Å². The molecule has 0 aliphatic rings. The van der Waals surface area contributed by atoms with Crippen molar-refractivity contribution in [3.63, 3.8) is 0 Å². The van der Waals surface area contributed by atoms with Gasteiger partial charge in [0.1, 0.15) is 19.3 Å². The van der Waals surface area contributed by atoms with Crippen LogP contribution in [0.1, 0.15) is 414 Å². The molecule has 0 aliphatic carbocycles. The van der Waals surface area contributed by atoms with Crippen molar-refractivity contribution < 1.29 is 80.2 Å². The summed E-state index contributed by atoms with van der Waals surface area (Å²) in [6.07, 6.45) is 59.8. The van der Waals surface area contributed by atoms with Crippen LogP contribution in [0.2, 0.25) is 0 Å². The lowest BCUT2D eigenvalue weighted by molar-refractivity contribution is -0.161. The number of aliphatic hydroxyl groups excluding tert-OH is 1. The molecule has 0 aromatic heterocycles. The van der Waals surface area contributed by atoms with Crippen LogP contribution in [0.25, 0.3) is 0 Å². The van der Waals surface area contributed by atoms with Crippen LogP contribution in [0.4, 0.5) is 0 Å². The SMILES string of the molecule is CCCCCCCCCCCCCCCCCCCC(=O)OC[C@H](COP(=O)(O)OC[C@@H](O)COP(=O)(O)OC[C@@H](COC(=O)CCCCCCCCCCCC)OC(=O)CCCCCCCCC(C)CC)OC(=O)CCCCCCCCCCCCCCCCCCCCC(C)C. The second-order valence-electron chi connectivity index (χ2n) is 29.2. The third-order valence-electron chi connectivity index (χ3n) is 18.8. The summed E-state index contributed by atoms with van der Waals surface area (Å²) in [5, 5.41) is 10.6. The van der Waals surface area contributed by atoms with E-state index in [1.807, 2.05) is 0 Å². The van der Waals surface area contributed by atoms with E-state index < -0.39 is 97.5 Å². The maximum atomic E-state index is 13.1. The molecule has 0 fully saturated rings. The minimum absolute atomic E-state index is 0.103. The van der Waals surface area contributed by atoms with Crippen molar-refractivity contribution in [1.82, 2.24) is 0 Å². The van der Waals surface area contributed by atoms with Gasteiger partial charge in [-0.3, -0.25) is 37.3 Å². The van der Waals surface area contributed by atoms with E-state index in [2.05, 4.69) is 41.5 Å². The number of hydrogen-bond acceptors (Lipinski definition) is 15. The van der Waals surface area contributed by atoms with Gasteiger partial charge in [-0.2, -0.15) is 0 Å². The standard InChI is InChI=1S/C79H154O17P2/c1-7-10-12-14-16-18-20-21-22-25-29-32-35-39-43-50-56-62-77(82)89-67-74(95-78(83)63-57-51-44-40-36-33-30-27-24-23-26-28-31-34-37-41-47-53-59-71(4)5)69-93-97(85,86)91-65-73(80)66-92-98(87,88)94-70-75(96-79(84)64-58-52-46-45-48-54-60-72(6)9-3)68-90-76(81)61-55-49-42-38-19-17-15-13-11-8-2/h71-75,80H,7-70H2,1-6H3,(H,85,86)(H,87,88)/t72?,73-,74-,75-/m1/s1. The van der Waals surface area contributed by atoms with E-state index >= 15 is 0 Å². The summed E-state index contributed by atoms with van der Waals surface area (Å²) in [5.41, 5.74) is 0. The third-order valence-corrected chi connectivity index (χ3v) is 20.7. The molecular formula is C79H154O17P2. The molecular weight excluding hydrogens is 1280 g/mol.